The average molecular weight is 484 g/mol. The number of fused-ring (bicyclic) bond motifs is 1. The van der Waals surface area contributed by atoms with Crippen molar-refractivity contribution < 1.29 is 8.42 Å². The van der Waals surface area contributed by atoms with Crippen LogP contribution in [0.15, 0.2) is 51.8 Å². The molecule has 1 heterocycles. The van der Waals surface area contributed by atoms with E-state index in [1.165, 1.54) is 19.3 Å². The van der Waals surface area contributed by atoms with Crippen molar-refractivity contribution >= 4 is 48.9 Å². The molecule has 0 amide bonds. The molecule has 1 fully saturated rings. The maximum atomic E-state index is 13.5. The third-order valence-electron chi connectivity index (χ3n) is 6.05. The fourth-order valence-electron chi connectivity index (χ4n) is 4.49. The summed E-state index contributed by atoms with van der Waals surface area (Å²) >= 11 is 9.78. The number of rotatable bonds is 2. The molecular formula is C21H24BrClN2O2S. The topological polar surface area (TPSA) is 40.6 Å². The molecule has 4 rings (SSSR count). The van der Waals surface area contributed by atoms with E-state index in [0.717, 1.165) is 18.5 Å². The highest BCUT2D eigenvalue weighted by atomic mass is 79.9. The molecule has 0 spiro atoms. The average Bonchev–Trinajstić information content (AvgIpc) is 2.78. The van der Waals surface area contributed by atoms with Crippen LogP contribution in [0.2, 0.25) is 5.02 Å². The second kappa shape index (κ2) is 7.98. The van der Waals surface area contributed by atoms with Crippen LogP contribution in [-0.4, -0.2) is 32.4 Å². The van der Waals surface area contributed by atoms with Gasteiger partial charge in [-0.1, -0.05) is 49.1 Å². The van der Waals surface area contributed by atoms with Crippen molar-refractivity contribution in [2.45, 2.75) is 43.0 Å². The lowest BCUT2D eigenvalue weighted by Crippen LogP contribution is -2.46. The van der Waals surface area contributed by atoms with Gasteiger partial charge >= 0.3 is 0 Å². The van der Waals surface area contributed by atoms with E-state index in [4.69, 9.17) is 11.6 Å². The molecule has 7 heteroatoms. The minimum absolute atomic E-state index is 0.0737. The Bertz CT molecular complexity index is 962. The van der Waals surface area contributed by atoms with Crippen LogP contribution in [0.5, 0.6) is 0 Å². The first-order valence-corrected chi connectivity index (χ1v) is 12.3. The highest BCUT2D eigenvalue weighted by molar-refractivity contribution is 9.10. The fourth-order valence-corrected chi connectivity index (χ4v) is 6.65. The fraction of sp³-hybridized carbons (Fsp3) is 0.429. The van der Waals surface area contributed by atoms with E-state index in [9.17, 15) is 8.42 Å². The summed E-state index contributed by atoms with van der Waals surface area (Å²) < 4.78 is 29.4. The number of likely N-dealkylation sites (N-methyl/N-ethyl adjacent to an activating group) is 1. The monoisotopic (exact) mass is 482 g/mol. The van der Waals surface area contributed by atoms with Crippen molar-refractivity contribution in [2.75, 3.05) is 18.5 Å². The molecule has 28 heavy (non-hydrogen) atoms. The van der Waals surface area contributed by atoms with Gasteiger partial charge in [0, 0.05) is 29.8 Å². The number of hydrogen-bond donors (Lipinski definition) is 0. The van der Waals surface area contributed by atoms with E-state index >= 15 is 0 Å². The first-order chi connectivity index (χ1) is 13.4. The minimum Gasteiger partial charge on any atom is -0.339 e. The van der Waals surface area contributed by atoms with Crippen LogP contribution in [0, 0.1) is 5.92 Å². The summed E-state index contributed by atoms with van der Waals surface area (Å²) in [6, 6.07) is 13.3. The molecule has 150 valence electrons. The Labute approximate surface area is 180 Å². The number of hydrogen-bond acceptors (Lipinski definition) is 3. The number of para-hydroxylation sites is 1. The van der Waals surface area contributed by atoms with Crippen LogP contribution in [0.1, 0.15) is 32.1 Å². The minimum atomic E-state index is -3.65. The van der Waals surface area contributed by atoms with E-state index in [-0.39, 0.29) is 10.9 Å². The highest BCUT2D eigenvalue weighted by Gasteiger charge is 2.40. The first kappa shape index (κ1) is 20.2. The van der Waals surface area contributed by atoms with Gasteiger partial charge < -0.3 is 4.90 Å². The van der Waals surface area contributed by atoms with Gasteiger partial charge in [-0.05, 0) is 59.0 Å². The molecule has 1 aliphatic heterocycles. The van der Waals surface area contributed by atoms with Crippen molar-refractivity contribution in [1.82, 2.24) is 4.31 Å². The zero-order valence-electron chi connectivity index (χ0n) is 15.8. The van der Waals surface area contributed by atoms with Gasteiger partial charge in [0.05, 0.1) is 10.7 Å². The molecule has 1 aliphatic carbocycles. The summed E-state index contributed by atoms with van der Waals surface area (Å²) in [5.74, 6) is 0.368. The Morgan fingerprint density at radius 2 is 1.75 bits per heavy atom. The van der Waals surface area contributed by atoms with E-state index in [2.05, 4.69) is 20.8 Å². The lowest BCUT2D eigenvalue weighted by atomic mass is 9.83. The van der Waals surface area contributed by atoms with Crippen LogP contribution < -0.4 is 4.90 Å². The van der Waals surface area contributed by atoms with Crippen LogP contribution in [-0.2, 0) is 10.0 Å². The molecule has 0 unspecified atom stereocenters. The van der Waals surface area contributed by atoms with Gasteiger partial charge in [-0.25, -0.2) is 8.42 Å². The van der Waals surface area contributed by atoms with Crippen molar-refractivity contribution in [1.29, 1.82) is 0 Å². The van der Waals surface area contributed by atoms with Gasteiger partial charge in [-0.15, -0.1) is 0 Å². The zero-order chi connectivity index (χ0) is 19.9. The molecule has 2 aromatic carbocycles. The molecule has 4 nitrogen and oxygen atoms in total. The van der Waals surface area contributed by atoms with Gasteiger partial charge in [0.25, 0.3) is 0 Å². The van der Waals surface area contributed by atoms with E-state index in [1.807, 2.05) is 36.4 Å². The maximum absolute atomic E-state index is 13.5. The summed E-state index contributed by atoms with van der Waals surface area (Å²) in [5.41, 5.74) is 1.66. The third-order valence-corrected chi connectivity index (χ3v) is 9.16. The van der Waals surface area contributed by atoms with Gasteiger partial charge in [0.15, 0.2) is 0 Å². The molecule has 1 saturated carbocycles. The van der Waals surface area contributed by atoms with Gasteiger partial charge in [-0.2, -0.15) is 4.31 Å². The highest BCUT2D eigenvalue weighted by Crippen LogP contribution is 2.43. The molecule has 2 aliphatic rings. The molecule has 0 saturated heterocycles. The van der Waals surface area contributed by atoms with Crippen molar-refractivity contribution in [3.05, 3.63) is 52.0 Å². The molecule has 0 aromatic heterocycles. The summed E-state index contributed by atoms with van der Waals surface area (Å²) in [4.78, 5) is 2.40. The standard InChI is InChI=1S/C21H24BrClN2O2S/c1-24-20(15-8-4-2-5-9-15)14-25(16-10-6-3-7-11-16)19-12-17(22)18(23)13-21(19)28(24,26)27/h3,6-7,10-13,15,20H,2,4-5,8-9,14H2,1H3/t20-/m0/s1. The van der Waals surface area contributed by atoms with E-state index < -0.39 is 10.0 Å². The molecular weight excluding hydrogens is 460 g/mol. The number of halogens is 2. The van der Waals surface area contributed by atoms with Crippen molar-refractivity contribution in [2.24, 2.45) is 5.92 Å². The number of anilines is 2. The van der Waals surface area contributed by atoms with E-state index in [1.54, 1.807) is 17.4 Å². The van der Waals surface area contributed by atoms with Crippen LogP contribution in [0.4, 0.5) is 11.4 Å². The Morgan fingerprint density at radius 3 is 2.43 bits per heavy atom. The summed E-state index contributed by atoms with van der Waals surface area (Å²) in [6.45, 7) is 0.630. The summed E-state index contributed by atoms with van der Waals surface area (Å²) in [7, 11) is -1.92. The lowest BCUT2D eigenvalue weighted by Gasteiger charge is -2.36. The molecule has 0 bridgehead atoms. The van der Waals surface area contributed by atoms with E-state index in [0.29, 0.717) is 27.6 Å². The number of nitrogens with zero attached hydrogens (tertiary/aromatic N) is 2. The Kier molecular flexibility index (Phi) is 5.76. The Balaban J connectivity index is 1.90. The summed E-state index contributed by atoms with van der Waals surface area (Å²) in [5, 5.41) is 0.403. The second-order valence-electron chi connectivity index (χ2n) is 7.67. The quantitative estimate of drug-likeness (QED) is 0.540. The smallest absolute Gasteiger partial charge is 0.245 e. The molecule has 0 radical (unpaired) electrons. The van der Waals surface area contributed by atoms with Crippen LogP contribution in [0.25, 0.3) is 0 Å². The lowest BCUT2D eigenvalue weighted by molar-refractivity contribution is 0.218. The number of benzene rings is 2. The van der Waals surface area contributed by atoms with Gasteiger partial charge in [0.2, 0.25) is 10.0 Å². The van der Waals surface area contributed by atoms with Crippen LogP contribution >= 0.6 is 27.5 Å². The number of sulfonamides is 1. The molecule has 2 aromatic rings. The van der Waals surface area contributed by atoms with Gasteiger partial charge in [-0.3, -0.25) is 0 Å². The summed E-state index contributed by atoms with van der Waals surface area (Å²) in [6.07, 6.45) is 5.74. The van der Waals surface area contributed by atoms with Crippen molar-refractivity contribution in [3.63, 3.8) is 0 Å². The largest absolute Gasteiger partial charge is 0.339 e. The second-order valence-corrected chi connectivity index (χ2v) is 10.9. The predicted octanol–water partition coefficient (Wildman–Crippen LogP) is 5.82. The maximum Gasteiger partial charge on any atom is 0.245 e. The molecule has 1 atom stereocenters. The third kappa shape index (κ3) is 3.60. The SMILES string of the molecule is CN1[C@H](C2CCCCC2)CN(c2ccccc2)c2cc(Br)c(Cl)cc2S1(=O)=O. The Morgan fingerprint density at radius 1 is 1.07 bits per heavy atom. The van der Waals surface area contributed by atoms with Gasteiger partial charge in [0.1, 0.15) is 4.90 Å². The van der Waals surface area contributed by atoms with Crippen molar-refractivity contribution in [3.8, 4) is 0 Å². The zero-order valence-corrected chi connectivity index (χ0v) is 19.0. The first-order valence-electron chi connectivity index (χ1n) is 9.69. The predicted molar refractivity (Wildman–Crippen MR) is 118 cm³/mol. The van der Waals surface area contributed by atoms with Crippen LogP contribution in [0.3, 0.4) is 0 Å². The normalized spacial score (nSPS) is 23.2. The molecule has 0 N–H and O–H groups in total. The Hall–Kier alpha value is -1.08.